The molecule has 0 saturated carbocycles. The van der Waals surface area contributed by atoms with Crippen molar-refractivity contribution in [2.45, 2.75) is 19.9 Å². The van der Waals surface area contributed by atoms with E-state index in [-0.39, 0.29) is 6.04 Å². The zero-order chi connectivity index (χ0) is 10.1. The van der Waals surface area contributed by atoms with E-state index in [1.54, 1.807) is 0 Å². The molecule has 3 N–H and O–H groups in total. The van der Waals surface area contributed by atoms with Gasteiger partial charge in [-0.15, -0.1) is 0 Å². The van der Waals surface area contributed by atoms with Crippen LogP contribution in [-0.4, -0.2) is 12.5 Å². The first-order valence-electron chi connectivity index (χ1n) is 4.80. The fourth-order valence-electron chi connectivity index (χ4n) is 1.63. The highest BCUT2D eigenvalue weighted by atomic mass is 15.2. The normalized spacial score (nSPS) is 20.4. The summed E-state index contributed by atoms with van der Waals surface area (Å²) in [5.74, 6) is 0.549. The van der Waals surface area contributed by atoms with E-state index in [2.05, 4.69) is 42.4 Å². The SMILES string of the molecule is Cc1ccc(C2CN=C(N)N2)cc1C. The Balaban J connectivity index is 2.22. The Kier molecular flexibility index (Phi) is 2.15. The highest BCUT2D eigenvalue weighted by molar-refractivity contribution is 5.80. The summed E-state index contributed by atoms with van der Waals surface area (Å²) in [4.78, 5) is 4.13. The van der Waals surface area contributed by atoms with E-state index in [9.17, 15) is 0 Å². The van der Waals surface area contributed by atoms with Crippen molar-refractivity contribution in [2.75, 3.05) is 6.54 Å². The minimum Gasteiger partial charge on any atom is -0.370 e. The Labute approximate surface area is 84.0 Å². The van der Waals surface area contributed by atoms with Gasteiger partial charge in [0.1, 0.15) is 0 Å². The van der Waals surface area contributed by atoms with Gasteiger partial charge in [0, 0.05) is 0 Å². The molecule has 0 bridgehead atoms. The number of nitrogens with two attached hydrogens (primary N) is 1. The number of nitrogens with zero attached hydrogens (tertiary/aromatic N) is 1. The third kappa shape index (κ3) is 1.58. The molecule has 0 fully saturated rings. The van der Waals surface area contributed by atoms with E-state index >= 15 is 0 Å². The summed E-state index contributed by atoms with van der Waals surface area (Å²) in [7, 11) is 0. The minimum atomic E-state index is 0.259. The van der Waals surface area contributed by atoms with Crippen LogP contribution in [0.2, 0.25) is 0 Å². The molecule has 1 heterocycles. The van der Waals surface area contributed by atoms with Crippen molar-refractivity contribution < 1.29 is 0 Å². The first kappa shape index (κ1) is 9.06. The van der Waals surface area contributed by atoms with Gasteiger partial charge in [0.2, 0.25) is 0 Å². The monoisotopic (exact) mass is 189 g/mol. The Morgan fingerprint density at radius 3 is 2.71 bits per heavy atom. The topological polar surface area (TPSA) is 50.4 Å². The molecule has 0 radical (unpaired) electrons. The highest BCUT2D eigenvalue weighted by Crippen LogP contribution is 2.19. The molecule has 74 valence electrons. The molecule has 0 amide bonds. The third-order valence-corrected chi connectivity index (χ3v) is 2.70. The number of hydrogen-bond donors (Lipinski definition) is 2. The molecule has 1 aromatic carbocycles. The van der Waals surface area contributed by atoms with Gasteiger partial charge < -0.3 is 11.1 Å². The smallest absolute Gasteiger partial charge is 0.189 e. The van der Waals surface area contributed by atoms with Crippen molar-refractivity contribution in [3.05, 3.63) is 34.9 Å². The minimum absolute atomic E-state index is 0.259. The van der Waals surface area contributed by atoms with Crippen LogP contribution in [0.25, 0.3) is 0 Å². The molecule has 1 aromatic rings. The van der Waals surface area contributed by atoms with E-state index in [1.165, 1.54) is 16.7 Å². The molecule has 1 atom stereocenters. The average Bonchev–Trinajstić information content (AvgIpc) is 2.57. The average molecular weight is 189 g/mol. The van der Waals surface area contributed by atoms with Crippen LogP contribution in [0, 0.1) is 13.8 Å². The number of aryl methyl sites for hydroxylation is 2. The van der Waals surface area contributed by atoms with Gasteiger partial charge in [0.05, 0.1) is 12.6 Å². The third-order valence-electron chi connectivity index (χ3n) is 2.70. The van der Waals surface area contributed by atoms with E-state index in [0.717, 1.165) is 6.54 Å². The van der Waals surface area contributed by atoms with Gasteiger partial charge in [-0.2, -0.15) is 0 Å². The Hall–Kier alpha value is -1.51. The molecule has 3 nitrogen and oxygen atoms in total. The quantitative estimate of drug-likeness (QED) is 0.698. The van der Waals surface area contributed by atoms with Crippen LogP contribution in [0.5, 0.6) is 0 Å². The van der Waals surface area contributed by atoms with Gasteiger partial charge in [-0.25, -0.2) is 0 Å². The predicted octanol–water partition coefficient (Wildman–Crippen LogP) is 1.26. The molecule has 2 rings (SSSR count). The lowest BCUT2D eigenvalue weighted by Gasteiger charge is -2.12. The van der Waals surface area contributed by atoms with E-state index < -0.39 is 0 Å². The zero-order valence-corrected chi connectivity index (χ0v) is 8.54. The lowest BCUT2D eigenvalue weighted by Crippen LogP contribution is -2.29. The molecule has 14 heavy (non-hydrogen) atoms. The van der Waals surface area contributed by atoms with Gasteiger partial charge in [0.25, 0.3) is 0 Å². The summed E-state index contributed by atoms with van der Waals surface area (Å²) < 4.78 is 0. The number of rotatable bonds is 1. The molecule has 0 saturated heterocycles. The Bertz CT molecular complexity index is 382. The number of benzene rings is 1. The summed E-state index contributed by atoms with van der Waals surface area (Å²) in [6.45, 7) is 4.98. The lowest BCUT2D eigenvalue weighted by molar-refractivity contribution is 0.706. The molecular formula is C11H15N3. The van der Waals surface area contributed by atoms with Crippen molar-refractivity contribution in [2.24, 2.45) is 10.7 Å². The molecule has 1 aliphatic rings. The Morgan fingerprint density at radius 2 is 2.14 bits per heavy atom. The second-order valence-corrected chi connectivity index (χ2v) is 3.77. The number of hydrogen-bond acceptors (Lipinski definition) is 3. The summed E-state index contributed by atoms with van der Waals surface area (Å²) in [6, 6.07) is 6.73. The van der Waals surface area contributed by atoms with Crippen molar-refractivity contribution >= 4 is 5.96 Å². The summed E-state index contributed by atoms with van der Waals surface area (Å²) in [5, 5.41) is 3.14. The van der Waals surface area contributed by atoms with Gasteiger partial charge in [-0.05, 0) is 30.5 Å². The van der Waals surface area contributed by atoms with Crippen LogP contribution in [0.4, 0.5) is 0 Å². The molecule has 1 unspecified atom stereocenters. The predicted molar refractivity (Wildman–Crippen MR) is 58.3 cm³/mol. The molecular weight excluding hydrogens is 174 g/mol. The fourth-order valence-corrected chi connectivity index (χ4v) is 1.63. The summed E-state index contributed by atoms with van der Waals surface area (Å²) >= 11 is 0. The van der Waals surface area contributed by atoms with E-state index in [4.69, 9.17) is 5.73 Å². The lowest BCUT2D eigenvalue weighted by atomic mass is 10.0. The van der Waals surface area contributed by atoms with Crippen LogP contribution in [-0.2, 0) is 0 Å². The van der Waals surface area contributed by atoms with Crippen molar-refractivity contribution in [1.82, 2.24) is 5.32 Å². The maximum Gasteiger partial charge on any atom is 0.189 e. The van der Waals surface area contributed by atoms with Gasteiger partial charge in [-0.1, -0.05) is 18.2 Å². The van der Waals surface area contributed by atoms with Crippen molar-refractivity contribution in [3.8, 4) is 0 Å². The van der Waals surface area contributed by atoms with Crippen LogP contribution in [0.3, 0.4) is 0 Å². The molecule has 0 aliphatic carbocycles. The number of aliphatic imine (C=N–C) groups is 1. The molecule has 0 spiro atoms. The second-order valence-electron chi connectivity index (χ2n) is 3.77. The highest BCUT2D eigenvalue weighted by Gasteiger charge is 2.16. The number of nitrogens with one attached hydrogen (secondary N) is 1. The van der Waals surface area contributed by atoms with Gasteiger partial charge in [-0.3, -0.25) is 4.99 Å². The van der Waals surface area contributed by atoms with Crippen LogP contribution in [0.15, 0.2) is 23.2 Å². The number of guanidine groups is 1. The van der Waals surface area contributed by atoms with Gasteiger partial charge >= 0.3 is 0 Å². The summed E-state index contributed by atoms with van der Waals surface area (Å²) in [6.07, 6.45) is 0. The van der Waals surface area contributed by atoms with Crippen LogP contribution >= 0.6 is 0 Å². The van der Waals surface area contributed by atoms with E-state index in [1.807, 2.05) is 0 Å². The van der Waals surface area contributed by atoms with Gasteiger partial charge in [0.15, 0.2) is 5.96 Å². The maximum atomic E-state index is 5.57. The van der Waals surface area contributed by atoms with Crippen molar-refractivity contribution in [1.29, 1.82) is 0 Å². The summed E-state index contributed by atoms with van der Waals surface area (Å²) in [5.41, 5.74) is 9.47. The Morgan fingerprint density at radius 1 is 1.36 bits per heavy atom. The van der Waals surface area contributed by atoms with E-state index in [0.29, 0.717) is 5.96 Å². The fraction of sp³-hybridized carbons (Fsp3) is 0.364. The molecule has 0 aromatic heterocycles. The molecule has 1 aliphatic heterocycles. The molecule has 3 heteroatoms. The standard InChI is InChI=1S/C11H15N3/c1-7-3-4-9(5-8(7)2)10-6-13-11(12)14-10/h3-5,10H,6H2,1-2H3,(H3,12,13,14). The van der Waals surface area contributed by atoms with Crippen LogP contribution in [0.1, 0.15) is 22.7 Å². The second kappa shape index (κ2) is 3.33. The van der Waals surface area contributed by atoms with Crippen molar-refractivity contribution in [3.63, 3.8) is 0 Å². The first-order valence-corrected chi connectivity index (χ1v) is 4.80. The largest absolute Gasteiger partial charge is 0.370 e. The zero-order valence-electron chi connectivity index (χ0n) is 8.54. The van der Waals surface area contributed by atoms with Crippen LogP contribution < -0.4 is 11.1 Å². The first-order chi connectivity index (χ1) is 6.66. The maximum absolute atomic E-state index is 5.57.